The molecule has 0 heterocycles. The number of sulfone groups is 1. The van der Waals surface area contributed by atoms with E-state index >= 15 is 0 Å². The van der Waals surface area contributed by atoms with Gasteiger partial charge in [-0.2, -0.15) is 0 Å². The number of carbonyl (C=O) groups excluding carboxylic acids is 1. The second kappa shape index (κ2) is 5.29. The largest absolute Gasteiger partial charge is 0.275 e. The van der Waals surface area contributed by atoms with Crippen molar-refractivity contribution in [1.82, 2.24) is 5.48 Å². The van der Waals surface area contributed by atoms with E-state index in [4.69, 9.17) is 4.84 Å². The third kappa shape index (κ3) is 3.54. The molecule has 0 fully saturated rings. The summed E-state index contributed by atoms with van der Waals surface area (Å²) in [5, 5.41) is 0. The van der Waals surface area contributed by atoms with E-state index in [9.17, 15) is 13.2 Å². The molecule has 1 aromatic rings. The van der Waals surface area contributed by atoms with E-state index in [1.54, 1.807) is 19.9 Å². The van der Waals surface area contributed by atoms with Crippen molar-refractivity contribution in [3.05, 3.63) is 29.3 Å². The second-order valence-corrected chi connectivity index (χ2v) is 5.63. The van der Waals surface area contributed by atoms with Gasteiger partial charge in [0, 0.05) is 11.8 Å². The monoisotopic (exact) mass is 257 g/mol. The Bertz CT molecular complexity index is 522. The van der Waals surface area contributed by atoms with Crippen LogP contribution in [0.5, 0.6) is 0 Å². The van der Waals surface area contributed by atoms with E-state index in [0.717, 1.165) is 6.26 Å². The van der Waals surface area contributed by atoms with Crippen LogP contribution in [0.4, 0.5) is 0 Å². The molecule has 6 heteroatoms. The average molecular weight is 257 g/mol. The number of nitrogens with one attached hydrogen (secondary N) is 1. The van der Waals surface area contributed by atoms with Gasteiger partial charge in [0.1, 0.15) is 0 Å². The van der Waals surface area contributed by atoms with Gasteiger partial charge in [-0.05, 0) is 31.5 Å². The van der Waals surface area contributed by atoms with Crippen molar-refractivity contribution >= 4 is 15.7 Å². The van der Waals surface area contributed by atoms with E-state index in [1.165, 1.54) is 12.1 Å². The number of hydroxylamine groups is 1. The Hall–Kier alpha value is -1.40. The number of carbonyl (C=O) groups is 1. The van der Waals surface area contributed by atoms with E-state index in [2.05, 4.69) is 5.48 Å². The number of hydrogen-bond donors (Lipinski definition) is 1. The van der Waals surface area contributed by atoms with Crippen molar-refractivity contribution < 1.29 is 18.0 Å². The number of hydrogen-bond acceptors (Lipinski definition) is 4. The maximum atomic E-state index is 11.7. The fourth-order valence-electron chi connectivity index (χ4n) is 1.27. The van der Waals surface area contributed by atoms with E-state index < -0.39 is 15.7 Å². The van der Waals surface area contributed by atoms with Gasteiger partial charge in [-0.15, -0.1) is 0 Å². The number of benzene rings is 1. The molecule has 1 amide bonds. The molecular weight excluding hydrogens is 242 g/mol. The molecule has 94 valence electrons. The van der Waals surface area contributed by atoms with E-state index in [1.807, 2.05) is 0 Å². The Kier molecular flexibility index (Phi) is 4.25. The quantitative estimate of drug-likeness (QED) is 0.819. The fourth-order valence-corrected chi connectivity index (χ4v) is 1.92. The van der Waals surface area contributed by atoms with Crippen LogP contribution in [0.3, 0.4) is 0 Å². The summed E-state index contributed by atoms with van der Waals surface area (Å²) in [4.78, 5) is 16.6. The minimum atomic E-state index is -3.32. The lowest BCUT2D eigenvalue weighted by Crippen LogP contribution is -2.24. The Morgan fingerprint density at radius 1 is 1.41 bits per heavy atom. The van der Waals surface area contributed by atoms with Crippen LogP contribution in [0.1, 0.15) is 22.8 Å². The van der Waals surface area contributed by atoms with Crippen molar-refractivity contribution in [3.63, 3.8) is 0 Å². The first-order valence-electron chi connectivity index (χ1n) is 5.09. The lowest BCUT2D eigenvalue weighted by molar-refractivity contribution is 0.0364. The number of rotatable bonds is 4. The summed E-state index contributed by atoms with van der Waals surface area (Å²) in [5.74, 6) is -0.449. The standard InChI is InChI=1S/C11H15NO4S/c1-4-16-12-11(13)10-7-9(17(3,14)15)6-5-8(10)2/h5-7H,4H2,1-3H3,(H,12,13). The van der Waals surface area contributed by atoms with Crippen molar-refractivity contribution in [3.8, 4) is 0 Å². The smallest absolute Gasteiger partial charge is 0.274 e. The molecule has 0 saturated heterocycles. The van der Waals surface area contributed by atoms with Crippen molar-refractivity contribution in [2.45, 2.75) is 18.7 Å². The van der Waals surface area contributed by atoms with Gasteiger partial charge in [0.25, 0.3) is 5.91 Å². The molecule has 0 saturated carbocycles. The Balaban J connectivity index is 3.11. The minimum Gasteiger partial charge on any atom is -0.274 e. The highest BCUT2D eigenvalue weighted by molar-refractivity contribution is 7.90. The molecular formula is C11H15NO4S. The van der Waals surface area contributed by atoms with Gasteiger partial charge in [-0.1, -0.05) is 6.07 Å². The van der Waals surface area contributed by atoms with Gasteiger partial charge < -0.3 is 0 Å². The van der Waals surface area contributed by atoms with Gasteiger partial charge in [-0.25, -0.2) is 13.9 Å². The zero-order valence-electron chi connectivity index (χ0n) is 9.98. The SMILES string of the molecule is CCONC(=O)c1cc(S(C)(=O)=O)ccc1C. The van der Waals surface area contributed by atoms with Crippen molar-refractivity contribution in [2.24, 2.45) is 0 Å². The van der Waals surface area contributed by atoms with Gasteiger partial charge in [0.05, 0.1) is 11.5 Å². The lowest BCUT2D eigenvalue weighted by Gasteiger charge is -2.08. The van der Waals surface area contributed by atoms with Crippen LogP contribution in [0, 0.1) is 6.92 Å². The van der Waals surface area contributed by atoms with Crippen LogP contribution in [-0.2, 0) is 14.7 Å². The molecule has 5 nitrogen and oxygen atoms in total. The third-order valence-electron chi connectivity index (χ3n) is 2.19. The summed E-state index contributed by atoms with van der Waals surface area (Å²) in [6, 6.07) is 4.42. The molecule has 0 aliphatic rings. The molecule has 0 spiro atoms. The first kappa shape index (κ1) is 13.7. The average Bonchev–Trinajstić information content (AvgIpc) is 2.24. The second-order valence-electron chi connectivity index (χ2n) is 3.61. The summed E-state index contributed by atoms with van der Waals surface area (Å²) in [6.45, 7) is 3.81. The summed E-state index contributed by atoms with van der Waals surface area (Å²) < 4.78 is 22.7. The third-order valence-corrected chi connectivity index (χ3v) is 3.30. The highest BCUT2D eigenvalue weighted by Crippen LogP contribution is 2.15. The summed E-state index contributed by atoms with van der Waals surface area (Å²) >= 11 is 0. The van der Waals surface area contributed by atoms with Crippen LogP contribution in [-0.4, -0.2) is 27.2 Å². The Labute approximate surface area is 101 Å². The zero-order valence-corrected chi connectivity index (χ0v) is 10.8. The first-order valence-corrected chi connectivity index (χ1v) is 6.98. The lowest BCUT2D eigenvalue weighted by atomic mass is 10.1. The molecule has 1 rings (SSSR count). The molecule has 0 bridgehead atoms. The van der Waals surface area contributed by atoms with Gasteiger partial charge in [-0.3, -0.25) is 9.63 Å². The molecule has 0 radical (unpaired) electrons. The Morgan fingerprint density at radius 3 is 2.59 bits per heavy atom. The highest BCUT2D eigenvalue weighted by atomic mass is 32.2. The van der Waals surface area contributed by atoms with Crippen LogP contribution in [0.2, 0.25) is 0 Å². The number of aryl methyl sites for hydroxylation is 1. The first-order chi connectivity index (χ1) is 7.86. The topological polar surface area (TPSA) is 72.5 Å². The van der Waals surface area contributed by atoms with Crippen LogP contribution < -0.4 is 5.48 Å². The molecule has 0 unspecified atom stereocenters. The maximum absolute atomic E-state index is 11.7. The summed E-state index contributed by atoms with van der Waals surface area (Å²) in [6.07, 6.45) is 1.10. The van der Waals surface area contributed by atoms with Crippen molar-refractivity contribution in [1.29, 1.82) is 0 Å². The molecule has 17 heavy (non-hydrogen) atoms. The van der Waals surface area contributed by atoms with E-state index in [0.29, 0.717) is 17.7 Å². The van der Waals surface area contributed by atoms with E-state index in [-0.39, 0.29) is 4.90 Å². The normalized spacial score (nSPS) is 11.2. The molecule has 1 aromatic carbocycles. The van der Waals surface area contributed by atoms with Crippen LogP contribution in [0.25, 0.3) is 0 Å². The summed E-state index contributed by atoms with van der Waals surface area (Å²) in [7, 11) is -3.32. The fraction of sp³-hybridized carbons (Fsp3) is 0.364. The van der Waals surface area contributed by atoms with Crippen LogP contribution >= 0.6 is 0 Å². The minimum absolute atomic E-state index is 0.116. The molecule has 1 N–H and O–H groups in total. The van der Waals surface area contributed by atoms with Gasteiger partial charge in [0.2, 0.25) is 0 Å². The Morgan fingerprint density at radius 2 is 2.06 bits per heavy atom. The highest BCUT2D eigenvalue weighted by Gasteiger charge is 2.14. The van der Waals surface area contributed by atoms with Crippen molar-refractivity contribution in [2.75, 3.05) is 12.9 Å². The zero-order chi connectivity index (χ0) is 13.1. The molecule has 0 aliphatic heterocycles. The molecule has 0 aromatic heterocycles. The summed E-state index contributed by atoms with van der Waals surface area (Å²) in [5.41, 5.74) is 3.22. The predicted molar refractivity (Wildman–Crippen MR) is 63.4 cm³/mol. The molecule has 0 atom stereocenters. The number of amides is 1. The van der Waals surface area contributed by atoms with Gasteiger partial charge >= 0.3 is 0 Å². The predicted octanol–water partition coefficient (Wildman–Crippen LogP) is 1.08. The molecule has 0 aliphatic carbocycles. The van der Waals surface area contributed by atoms with Gasteiger partial charge in [0.15, 0.2) is 9.84 Å². The van der Waals surface area contributed by atoms with Crippen LogP contribution in [0.15, 0.2) is 23.1 Å². The maximum Gasteiger partial charge on any atom is 0.275 e.